The van der Waals surface area contributed by atoms with Gasteiger partial charge in [-0.15, -0.1) is 0 Å². The highest BCUT2D eigenvalue weighted by atomic mass is 16.5. The molecule has 0 radical (unpaired) electrons. The van der Waals surface area contributed by atoms with E-state index in [9.17, 15) is 9.59 Å². The number of carboxylic acids is 2. The summed E-state index contributed by atoms with van der Waals surface area (Å²) < 4.78 is 10.2. The van der Waals surface area contributed by atoms with Crippen molar-refractivity contribution < 1.29 is 29.3 Å². The molecule has 0 spiro atoms. The van der Waals surface area contributed by atoms with Gasteiger partial charge in [-0.2, -0.15) is 0 Å². The summed E-state index contributed by atoms with van der Waals surface area (Å²) >= 11 is 0. The monoisotopic (exact) mass is 268 g/mol. The number of carboxylic acid groups (broad SMARTS) is 2. The topological polar surface area (TPSA) is 93.1 Å². The molecule has 104 valence electrons. The van der Waals surface area contributed by atoms with Crippen molar-refractivity contribution in [1.82, 2.24) is 0 Å². The molecule has 6 heteroatoms. The number of aromatic carboxylic acids is 2. The smallest absolute Gasteiger partial charge is 0.339 e. The highest BCUT2D eigenvalue weighted by molar-refractivity contribution is 5.94. The number of benzene rings is 1. The maximum atomic E-state index is 11.0. The summed E-state index contributed by atoms with van der Waals surface area (Å²) in [5, 5.41) is 17.8. The summed E-state index contributed by atoms with van der Waals surface area (Å²) in [6.45, 7) is 0.914. The van der Waals surface area contributed by atoms with E-state index in [1.54, 1.807) is 7.11 Å². The quantitative estimate of drug-likeness (QED) is 0.699. The molecular weight excluding hydrogens is 252 g/mol. The number of carbonyl (C=O) groups is 2. The third-order valence-corrected chi connectivity index (χ3v) is 2.46. The summed E-state index contributed by atoms with van der Waals surface area (Å²) in [6.07, 6.45) is 1.49. The number of ether oxygens (including phenoxy) is 2. The van der Waals surface area contributed by atoms with E-state index < -0.39 is 11.9 Å². The predicted octanol–water partition coefficient (Wildman–Crippen LogP) is 1.89. The minimum atomic E-state index is -1.15. The first-order valence-electron chi connectivity index (χ1n) is 5.78. The van der Waals surface area contributed by atoms with Gasteiger partial charge in [0.2, 0.25) is 0 Å². The molecule has 0 fully saturated rings. The largest absolute Gasteiger partial charge is 0.493 e. The van der Waals surface area contributed by atoms with Gasteiger partial charge in [0.25, 0.3) is 0 Å². The predicted molar refractivity (Wildman–Crippen MR) is 67.0 cm³/mol. The standard InChI is InChI=1S/C13H16O6/c1-18-6-2-3-7-19-11-8-9(12(14)15)4-5-10(11)13(16)17/h4-5,8H,2-3,6-7H2,1H3,(H,14,15)(H,16,17). The van der Waals surface area contributed by atoms with Gasteiger partial charge in [0, 0.05) is 13.7 Å². The van der Waals surface area contributed by atoms with Gasteiger partial charge in [0.1, 0.15) is 11.3 Å². The van der Waals surface area contributed by atoms with Crippen molar-refractivity contribution in [1.29, 1.82) is 0 Å². The fourth-order valence-electron chi connectivity index (χ4n) is 1.48. The van der Waals surface area contributed by atoms with Crippen LogP contribution >= 0.6 is 0 Å². The summed E-state index contributed by atoms with van der Waals surface area (Å²) in [5.74, 6) is -2.20. The molecule has 0 aliphatic heterocycles. The second-order valence-electron chi connectivity index (χ2n) is 3.87. The maximum absolute atomic E-state index is 11.0. The minimum Gasteiger partial charge on any atom is -0.493 e. The van der Waals surface area contributed by atoms with Crippen LogP contribution in [0.25, 0.3) is 0 Å². The third-order valence-electron chi connectivity index (χ3n) is 2.46. The van der Waals surface area contributed by atoms with E-state index in [0.29, 0.717) is 19.6 Å². The Labute approximate surface area is 110 Å². The van der Waals surface area contributed by atoms with Gasteiger partial charge in [-0.3, -0.25) is 0 Å². The van der Waals surface area contributed by atoms with Gasteiger partial charge >= 0.3 is 11.9 Å². The fourth-order valence-corrected chi connectivity index (χ4v) is 1.48. The van der Waals surface area contributed by atoms with Gasteiger partial charge in [-0.25, -0.2) is 9.59 Å². The van der Waals surface area contributed by atoms with E-state index in [-0.39, 0.29) is 16.9 Å². The number of methoxy groups -OCH3 is 1. The molecule has 0 unspecified atom stereocenters. The highest BCUT2D eigenvalue weighted by Gasteiger charge is 2.14. The molecule has 0 bridgehead atoms. The Balaban J connectivity index is 2.74. The SMILES string of the molecule is COCCCCOc1cc(C(=O)O)ccc1C(=O)O. The molecule has 0 aliphatic rings. The Morgan fingerprint density at radius 2 is 1.79 bits per heavy atom. The molecular formula is C13H16O6. The van der Waals surface area contributed by atoms with Crippen molar-refractivity contribution in [3.05, 3.63) is 29.3 Å². The molecule has 2 N–H and O–H groups in total. The lowest BCUT2D eigenvalue weighted by molar-refractivity contribution is 0.0676. The number of hydrogen-bond donors (Lipinski definition) is 2. The van der Waals surface area contributed by atoms with Gasteiger partial charge in [-0.1, -0.05) is 0 Å². The van der Waals surface area contributed by atoms with Crippen LogP contribution in [0.3, 0.4) is 0 Å². The Morgan fingerprint density at radius 1 is 1.11 bits per heavy atom. The van der Waals surface area contributed by atoms with Crippen LogP contribution in [-0.4, -0.2) is 42.5 Å². The average molecular weight is 268 g/mol. The van der Waals surface area contributed by atoms with Gasteiger partial charge < -0.3 is 19.7 Å². The lowest BCUT2D eigenvalue weighted by Crippen LogP contribution is -2.07. The van der Waals surface area contributed by atoms with Crippen LogP contribution in [0, 0.1) is 0 Å². The van der Waals surface area contributed by atoms with Crippen molar-refractivity contribution in [2.75, 3.05) is 20.3 Å². The van der Waals surface area contributed by atoms with Crippen LogP contribution in [0.5, 0.6) is 5.75 Å². The molecule has 0 atom stereocenters. The second-order valence-corrected chi connectivity index (χ2v) is 3.87. The Hall–Kier alpha value is -2.08. The zero-order valence-corrected chi connectivity index (χ0v) is 10.6. The van der Waals surface area contributed by atoms with Crippen LogP contribution in [0.2, 0.25) is 0 Å². The Bertz CT molecular complexity index is 454. The molecule has 0 saturated heterocycles. The van der Waals surface area contributed by atoms with Gasteiger partial charge in [-0.05, 0) is 31.0 Å². The van der Waals surface area contributed by atoms with E-state index >= 15 is 0 Å². The van der Waals surface area contributed by atoms with E-state index in [0.717, 1.165) is 6.42 Å². The maximum Gasteiger partial charge on any atom is 0.339 e. The lowest BCUT2D eigenvalue weighted by Gasteiger charge is -2.09. The van der Waals surface area contributed by atoms with Crippen LogP contribution in [0.4, 0.5) is 0 Å². The number of unbranched alkanes of at least 4 members (excludes halogenated alkanes) is 1. The van der Waals surface area contributed by atoms with E-state index in [1.807, 2.05) is 0 Å². The highest BCUT2D eigenvalue weighted by Crippen LogP contribution is 2.21. The van der Waals surface area contributed by atoms with Crippen LogP contribution < -0.4 is 4.74 Å². The molecule has 0 aromatic heterocycles. The first-order valence-corrected chi connectivity index (χ1v) is 5.78. The third kappa shape index (κ3) is 4.59. The molecule has 6 nitrogen and oxygen atoms in total. The van der Waals surface area contributed by atoms with Crippen LogP contribution in [-0.2, 0) is 4.74 Å². The van der Waals surface area contributed by atoms with Gasteiger partial charge in [0.15, 0.2) is 0 Å². The van der Waals surface area contributed by atoms with E-state index in [1.165, 1.54) is 18.2 Å². The fraction of sp³-hybridized carbons (Fsp3) is 0.385. The van der Waals surface area contributed by atoms with Crippen LogP contribution in [0.1, 0.15) is 33.6 Å². The number of hydrogen-bond acceptors (Lipinski definition) is 4. The first-order chi connectivity index (χ1) is 9.06. The zero-order valence-electron chi connectivity index (χ0n) is 10.6. The lowest BCUT2D eigenvalue weighted by atomic mass is 10.1. The molecule has 0 heterocycles. The molecule has 1 rings (SSSR count). The normalized spacial score (nSPS) is 10.2. The summed E-state index contributed by atoms with van der Waals surface area (Å²) in [7, 11) is 1.60. The molecule has 19 heavy (non-hydrogen) atoms. The van der Waals surface area contributed by atoms with Crippen LogP contribution in [0.15, 0.2) is 18.2 Å². The molecule has 1 aromatic rings. The average Bonchev–Trinajstić information content (AvgIpc) is 2.38. The second kappa shape index (κ2) is 7.38. The molecule has 0 aliphatic carbocycles. The van der Waals surface area contributed by atoms with Crippen molar-refractivity contribution in [3.8, 4) is 5.75 Å². The summed E-state index contributed by atoms with van der Waals surface area (Å²) in [4.78, 5) is 21.8. The van der Waals surface area contributed by atoms with Crippen molar-refractivity contribution in [2.45, 2.75) is 12.8 Å². The first kappa shape index (κ1) is 15.0. The van der Waals surface area contributed by atoms with E-state index in [2.05, 4.69) is 0 Å². The molecule has 0 saturated carbocycles. The van der Waals surface area contributed by atoms with E-state index in [4.69, 9.17) is 19.7 Å². The van der Waals surface area contributed by atoms with Crippen molar-refractivity contribution >= 4 is 11.9 Å². The Morgan fingerprint density at radius 3 is 2.37 bits per heavy atom. The van der Waals surface area contributed by atoms with Gasteiger partial charge in [0.05, 0.1) is 12.2 Å². The minimum absolute atomic E-state index is 0.00288. The summed E-state index contributed by atoms with van der Waals surface area (Å²) in [5.41, 5.74) is -0.0476. The van der Waals surface area contributed by atoms with Crippen molar-refractivity contribution in [3.63, 3.8) is 0 Å². The summed E-state index contributed by atoms with van der Waals surface area (Å²) in [6, 6.07) is 3.70. The zero-order chi connectivity index (χ0) is 14.3. The Kier molecular flexibility index (Phi) is 5.81. The molecule has 1 aromatic carbocycles. The molecule has 0 amide bonds. The number of rotatable bonds is 8. The van der Waals surface area contributed by atoms with Crippen molar-refractivity contribution in [2.24, 2.45) is 0 Å².